The standard InChI is InChI=1S/C18H31N3O5/c1-11(2)9-13(19-16(22)14-15(26-14)18(24)25)17(23)21-7-5-20(6-8-21)10-12(3)4/h11-15H,5-10H2,1-4H3,(H,19,22)(H,24,25). The van der Waals surface area contributed by atoms with E-state index in [1.165, 1.54) is 0 Å². The average molecular weight is 369 g/mol. The fourth-order valence-electron chi connectivity index (χ4n) is 3.33. The van der Waals surface area contributed by atoms with E-state index >= 15 is 0 Å². The minimum Gasteiger partial charge on any atom is -0.479 e. The van der Waals surface area contributed by atoms with Crippen molar-refractivity contribution in [2.75, 3.05) is 32.7 Å². The molecule has 2 aliphatic rings. The van der Waals surface area contributed by atoms with Crippen LogP contribution in [0.15, 0.2) is 0 Å². The van der Waals surface area contributed by atoms with Crippen LogP contribution >= 0.6 is 0 Å². The molecule has 8 heteroatoms. The number of carboxylic acids is 1. The van der Waals surface area contributed by atoms with Crippen LogP contribution in [0.5, 0.6) is 0 Å². The van der Waals surface area contributed by atoms with Crippen LogP contribution in [0.25, 0.3) is 0 Å². The average Bonchev–Trinajstić information content (AvgIpc) is 3.34. The fraction of sp³-hybridized carbons (Fsp3) is 0.833. The summed E-state index contributed by atoms with van der Waals surface area (Å²) in [5, 5.41) is 11.6. The predicted octanol–water partition coefficient (Wildman–Crippen LogP) is 0.170. The zero-order valence-corrected chi connectivity index (χ0v) is 16.1. The first-order chi connectivity index (χ1) is 12.2. The van der Waals surface area contributed by atoms with E-state index in [2.05, 4.69) is 24.1 Å². The number of ether oxygens (including phenoxy) is 1. The number of carboxylic acid groups (broad SMARTS) is 1. The van der Waals surface area contributed by atoms with E-state index in [1.807, 2.05) is 13.8 Å². The van der Waals surface area contributed by atoms with E-state index in [9.17, 15) is 14.4 Å². The Morgan fingerprint density at radius 2 is 1.65 bits per heavy atom. The van der Waals surface area contributed by atoms with Crippen molar-refractivity contribution in [3.05, 3.63) is 0 Å². The van der Waals surface area contributed by atoms with Gasteiger partial charge in [0.2, 0.25) is 5.91 Å². The molecule has 2 amide bonds. The summed E-state index contributed by atoms with van der Waals surface area (Å²) in [5.41, 5.74) is 0. The number of aliphatic carboxylic acids is 1. The monoisotopic (exact) mass is 369 g/mol. The first-order valence-electron chi connectivity index (χ1n) is 9.38. The number of hydrogen-bond donors (Lipinski definition) is 2. The smallest absolute Gasteiger partial charge is 0.336 e. The van der Waals surface area contributed by atoms with Gasteiger partial charge in [0.25, 0.3) is 5.91 Å². The van der Waals surface area contributed by atoms with Crippen molar-refractivity contribution in [2.45, 2.75) is 52.4 Å². The molecule has 2 saturated heterocycles. The van der Waals surface area contributed by atoms with Crippen LogP contribution in [0.2, 0.25) is 0 Å². The number of hydrogen-bond acceptors (Lipinski definition) is 5. The zero-order chi connectivity index (χ0) is 19.4. The molecule has 2 rings (SSSR count). The molecule has 3 unspecified atom stereocenters. The van der Waals surface area contributed by atoms with Crippen molar-refractivity contribution < 1.29 is 24.2 Å². The lowest BCUT2D eigenvalue weighted by Crippen LogP contribution is -2.56. The van der Waals surface area contributed by atoms with Crippen LogP contribution in [-0.2, 0) is 19.1 Å². The first-order valence-corrected chi connectivity index (χ1v) is 9.38. The Morgan fingerprint density at radius 3 is 2.12 bits per heavy atom. The van der Waals surface area contributed by atoms with Gasteiger partial charge in [0.15, 0.2) is 12.2 Å². The van der Waals surface area contributed by atoms with E-state index in [0.29, 0.717) is 25.4 Å². The molecule has 2 N–H and O–H groups in total. The molecule has 0 saturated carbocycles. The highest BCUT2D eigenvalue weighted by Gasteiger charge is 2.51. The second kappa shape index (κ2) is 8.81. The molecule has 0 radical (unpaired) electrons. The van der Waals surface area contributed by atoms with Crippen molar-refractivity contribution >= 4 is 17.8 Å². The molecule has 2 heterocycles. The maximum absolute atomic E-state index is 12.9. The number of amides is 2. The molecule has 3 atom stereocenters. The van der Waals surface area contributed by atoms with Crippen molar-refractivity contribution in [3.8, 4) is 0 Å². The van der Waals surface area contributed by atoms with Gasteiger partial charge >= 0.3 is 5.97 Å². The SMILES string of the molecule is CC(C)CC(NC(=O)C1OC1C(=O)O)C(=O)N1CCN(CC(C)C)CC1. The Hall–Kier alpha value is -1.67. The van der Waals surface area contributed by atoms with Gasteiger partial charge in [-0.05, 0) is 18.3 Å². The lowest BCUT2D eigenvalue weighted by molar-refractivity contribution is -0.138. The molecule has 0 spiro atoms. The molecule has 2 aliphatic heterocycles. The minimum absolute atomic E-state index is 0.0937. The number of rotatable bonds is 8. The normalized spacial score (nSPS) is 24.6. The van der Waals surface area contributed by atoms with Crippen LogP contribution in [-0.4, -0.2) is 83.7 Å². The summed E-state index contributed by atoms with van der Waals surface area (Å²) in [6.07, 6.45) is -1.57. The summed E-state index contributed by atoms with van der Waals surface area (Å²) in [5.74, 6) is -0.954. The van der Waals surface area contributed by atoms with E-state index in [-0.39, 0.29) is 11.8 Å². The maximum Gasteiger partial charge on any atom is 0.336 e. The van der Waals surface area contributed by atoms with Crippen molar-refractivity contribution in [2.24, 2.45) is 11.8 Å². The van der Waals surface area contributed by atoms with Gasteiger partial charge in [0.05, 0.1) is 0 Å². The molecule has 0 aromatic carbocycles. The zero-order valence-electron chi connectivity index (χ0n) is 16.1. The Labute approximate surface area is 154 Å². The summed E-state index contributed by atoms with van der Waals surface area (Å²) >= 11 is 0. The van der Waals surface area contributed by atoms with Crippen LogP contribution in [0.3, 0.4) is 0 Å². The number of piperazine rings is 1. The van der Waals surface area contributed by atoms with E-state index in [1.54, 1.807) is 4.90 Å². The number of carbonyl (C=O) groups excluding carboxylic acids is 2. The molecule has 26 heavy (non-hydrogen) atoms. The molecule has 148 valence electrons. The second-order valence-corrected chi connectivity index (χ2v) is 8.03. The number of epoxide rings is 1. The van der Waals surface area contributed by atoms with Gasteiger partial charge in [0.1, 0.15) is 6.04 Å². The Morgan fingerprint density at radius 1 is 1.04 bits per heavy atom. The fourth-order valence-corrected chi connectivity index (χ4v) is 3.33. The largest absolute Gasteiger partial charge is 0.479 e. The van der Waals surface area contributed by atoms with E-state index in [4.69, 9.17) is 9.84 Å². The molecule has 0 bridgehead atoms. The topological polar surface area (TPSA) is 102 Å². The predicted molar refractivity (Wildman–Crippen MR) is 95.5 cm³/mol. The molecule has 8 nitrogen and oxygen atoms in total. The third-order valence-electron chi connectivity index (χ3n) is 4.62. The number of nitrogens with one attached hydrogen (secondary N) is 1. The molecule has 2 fully saturated rings. The maximum atomic E-state index is 12.9. The van der Waals surface area contributed by atoms with Crippen LogP contribution in [0, 0.1) is 11.8 Å². The Balaban J connectivity index is 1.91. The Kier molecular flexibility index (Phi) is 7.00. The lowest BCUT2D eigenvalue weighted by atomic mass is 10.0. The summed E-state index contributed by atoms with van der Waals surface area (Å²) in [6.45, 7) is 12.3. The molecular formula is C18H31N3O5. The van der Waals surface area contributed by atoms with Gasteiger partial charge in [-0.15, -0.1) is 0 Å². The summed E-state index contributed by atoms with van der Waals surface area (Å²) in [6, 6.07) is -0.641. The van der Waals surface area contributed by atoms with Crippen LogP contribution in [0.4, 0.5) is 0 Å². The van der Waals surface area contributed by atoms with Gasteiger partial charge < -0.3 is 20.1 Å². The van der Waals surface area contributed by atoms with Crippen LogP contribution in [0.1, 0.15) is 34.1 Å². The highest BCUT2D eigenvalue weighted by atomic mass is 16.6. The summed E-state index contributed by atoms with van der Waals surface area (Å²) in [4.78, 5) is 40.1. The quantitative estimate of drug-likeness (QED) is 0.591. The third-order valence-corrected chi connectivity index (χ3v) is 4.62. The van der Waals surface area contributed by atoms with E-state index in [0.717, 1.165) is 19.6 Å². The van der Waals surface area contributed by atoms with Crippen molar-refractivity contribution in [3.63, 3.8) is 0 Å². The highest BCUT2D eigenvalue weighted by Crippen LogP contribution is 2.23. The summed E-state index contributed by atoms with van der Waals surface area (Å²) in [7, 11) is 0. The highest BCUT2D eigenvalue weighted by molar-refractivity contribution is 5.95. The lowest BCUT2D eigenvalue weighted by Gasteiger charge is -2.37. The van der Waals surface area contributed by atoms with Crippen molar-refractivity contribution in [1.29, 1.82) is 0 Å². The minimum atomic E-state index is -1.15. The van der Waals surface area contributed by atoms with Gasteiger partial charge in [0, 0.05) is 32.7 Å². The Bertz CT molecular complexity index is 529. The van der Waals surface area contributed by atoms with Gasteiger partial charge in [-0.2, -0.15) is 0 Å². The van der Waals surface area contributed by atoms with Crippen molar-refractivity contribution in [1.82, 2.24) is 15.1 Å². The molecule has 0 aromatic heterocycles. The van der Waals surface area contributed by atoms with Gasteiger partial charge in [-0.25, -0.2) is 4.79 Å². The molecule has 0 aliphatic carbocycles. The summed E-state index contributed by atoms with van der Waals surface area (Å²) < 4.78 is 4.88. The van der Waals surface area contributed by atoms with Gasteiger partial charge in [-0.1, -0.05) is 27.7 Å². The molecular weight excluding hydrogens is 338 g/mol. The first kappa shape index (κ1) is 20.6. The second-order valence-electron chi connectivity index (χ2n) is 8.03. The third kappa shape index (κ3) is 5.67. The van der Waals surface area contributed by atoms with Gasteiger partial charge in [-0.3, -0.25) is 14.5 Å². The molecule has 0 aromatic rings. The number of nitrogens with zero attached hydrogens (tertiary/aromatic N) is 2. The number of carbonyl (C=O) groups is 3. The van der Waals surface area contributed by atoms with E-state index < -0.39 is 30.1 Å². The van der Waals surface area contributed by atoms with Crippen LogP contribution < -0.4 is 5.32 Å².